The maximum Gasteiger partial charge on any atom is 0.408 e. The highest BCUT2D eigenvalue weighted by atomic mass is 19.4. The molecule has 1 saturated heterocycles. The number of benzene rings is 1. The van der Waals surface area contributed by atoms with E-state index in [-0.39, 0.29) is 31.4 Å². The van der Waals surface area contributed by atoms with Gasteiger partial charge in [-0.2, -0.15) is 13.2 Å². The van der Waals surface area contributed by atoms with E-state index in [2.05, 4.69) is 6.58 Å². The van der Waals surface area contributed by atoms with Crippen LogP contribution in [0.5, 0.6) is 0 Å². The van der Waals surface area contributed by atoms with Crippen LogP contribution in [0.1, 0.15) is 30.4 Å². The number of nitrogens with zero attached hydrogens (tertiary/aromatic N) is 1. The molecule has 120 valence electrons. The summed E-state index contributed by atoms with van der Waals surface area (Å²) in [6.45, 7) is 3.21. The second-order valence-corrected chi connectivity index (χ2v) is 5.39. The van der Waals surface area contributed by atoms with Crippen molar-refractivity contribution in [2.45, 2.75) is 44.4 Å². The van der Waals surface area contributed by atoms with Crippen molar-refractivity contribution in [2.24, 2.45) is 0 Å². The molecule has 0 bridgehead atoms. The first-order chi connectivity index (χ1) is 10.3. The number of hydrogen-bond donors (Lipinski definition) is 0. The number of alkyl halides is 3. The Balaban J connectivity index is 2.28. The average Bonchev–Trinajstić information content (AvgIpc) is 2.43. The van der Waals surface area contributed by atoms with Crippen molar-refractivity contribution in [3.05, 3.63) is 47.8 Å². The molecule has 1 aromatic carbocycles. The molecule has 2 nitrogen and oxygen atoms in total. The monoisotopic (exact) mass is 315 g/mol. The summed E-state index contributed by atoms with van der Waals surface area (Å²) in [4.78, 5) is 12.6. The summed E-state index contributed by atoms with van der Waals surface area (Å²) < 4.78 is 53.1. The quantitative estimate of drug-likeness (QED) is 0.607. The third-order valence-electron chi connectivity index (χ3n) is 3.77. The van der Waals surface area contributed by atoms with Crippen LogP contribution in [0.25, 0.3) is 0 Å². The Kier molecular flexibility index (Phi) is 4.88. The summed E-state index contributed by atoms with van der Waals surface area (Å²) in [6, 6.07) is 2.42. The highest BCUT2D eigenvalue weighted by molar-refractivity contribution is 5.77. The molecule has 1 aromatic rings. The fourth-order valence-corrected chi connectivity index (χ4v) is 2.69. The number of carbonyl (C=O) groups excluding carboxylic acids is 1. The van der Waals surface area contributed by atoms with Gasteiger partial charge in [-0.25, -0.2) is 4.39 Å². The van der Waals surface area contributed by atoms with Crippen LogP contribution in [-0.2, 0) is 17.8 Å². The van der Waals surface area contributed by atoms with Gasteiger partial charge in [0.15, 0.2) is 0 Å². The summed E-state index contributed by atoms with van der Waals surface area (Å²) >= 11 is 0. The van der Waals surface area contributed by atoms with Crippen LogP contribution >= 0.6 is 0 Å². The third-order valence-corrected chi connectivity index (χ3v) is 3.77. The second kappa shape index (κ2) is 6.50. The van der Waals surface area contributed by atoms with Crippen LogP contribution in [-0.4, -0.2) is 23.0 Å². The van der Waals surface area contributed by atoms with E-state index >= 15 is 0 Å². The molecule has 1 aliphatic rings. The Hall–Kier alpha value is -1.85. The Morgan fingerprint density at radius 1 is 1.36 bits per heavy atom. The van der Waals surface area contributed by atoms with E-state index in [4.69, 9.17) is 0 Å². The molecule has 0 aliphatic carbocycles. The first-order valence-corrected chi connectivity index (χ1v) is 7.07. The van der Waals surface area contributed by atoms with Crippen LogP contribution in [0.15, 0.2) is 30.9 Å². The van der Waals surface area contributed by atoms with Gasteiger partial charge in [-0.1, -0.05) is 18.2 Å². The molecule has 0 unspecified atom stereocenters. The van der Waals surface area contributed by atoms with E-state index in [1.165, 1.54) is 12.1 Å². The summed E-state index contributed by atoms with van der Waals surface area (Å²) in [5, 5.41) is 0. The van der Waals surface area contributed by atoms with Crippen molar-refractivity contribution >= 4 is 5.91 Å². The first kappa shape index (κ1) is 16.5. The zero-order valence-corrected chi connectivity index (χ0v) is 12.0. The minimum Gasteiger partial charge on any atom is -0.326 e. The van der Waals surface area contributed by atoms with Crippen LogP contribution in [0.4, 0.5) is 17.6 Å². The van der Waals surface area contributed by atoms with Crippen LogP contribution in [0.2, 0.25) is 0 Å². The van der Waals surface area contributed by atoms with Gasteiger partial charge in [0.25, 0.3) is 0 Å². The van der Waals surface area contributed by atoms with Crippen molar-refractivity contribution in [3.63, 3.8) is 0 Å². The van der Waals surface area contributed by atoms with Gasteiger partial charge in [-0.15, -0.1) is 6.58 Å². The zero-order chi connectivity index (χ0) is 16.3. The zero-order valence-electron chi connectivity index (χ0n) is 12.0. The number of piperidine rings is 1. The summed E-state index contributed by atoms with van der Waals surface area (Å²) in [5.74, 6) is -1.19. The molecule has 1 fully saturated rings. The van der Waals surface area contributed by atoms with Crippen LogP contribution < -0.4 is 0 Å². The maximum atomic E-state index is 13.9. The van der Waals surface area contributed by atoms with E-state index in [9.17, 15) is 22.4 Å². The van der Waals surface area contributed by atoms with Gasteiger partial charge in [-0.05, 0) is 30.9 Å². The van der Waals surface area contributed by atoms with E-state index in [0.29, 0.717) is 6.42 Å². The second-order valence-electron chi connectivity index (χ2n) is 5.39. The average molecular weight is 315 g/mol. The number of amides is 1. The lowest BCUT2D eigenvalue weighted by Gasteiger charge is -2.36. The largest absolute Gasteiger partial charge is 0.408 e. The van der Waals surface area contributed by atoms with E-state index in [1.54, 1.807) is 12.1 Å². The molecule has 0 aromatic heterocycles. The van der Waals surface area contributed by atoms with Gasteiger partial charge < -0.3 is 4.90 Å². The van der Waals surface area contributed by atoms with Crippen LogP contribution in [0.3, 0.4) is 0 Å². The Labute approximate surface area is 126 Å². The molecular formula is C16H17F4NO. The molecular weight excluding hydrogens is 298 g/mol. The van der Waals surface area contributed by atoms with Crippen molar-refractivity contribution in [2.75, 3.05) is 0 Å². The minimum absolute atomic E-state index is 0.0700. The molecule has 0 spiro atoms. The molecule has 6 heteroatoms. The Morgan fingerprint density at radius 2 is 2.09 bits per heavy atom. The molecule has 2 rings (SSSR count). The first-order valence-electron chi connectivity index (χ1n) is 7.07. The molecule has 0 radical (unpaired) electrons. The van der Waals surface area contributed by atoms with Crippen molar-refractivity contribution in [1.82, 2.24) is 4.90 Å². The van der Waals surface area contributed by atoms with Crippen molar-refractivity contribution in [3.8, 4) is 0 Å². The van der Waals surface area contributed by atoms with Crippen molar-refractivity contribution in [1.29, 1.82) is 0 Å². The van der Waals surface area contributed by atoms with Gasteiger partial charge in [0.05, 0.1) is 0 Å². The SMILES string of the molecule is C=CCc1ccc(F)c(CN2C(=O)CCC[C@H]2C(F)(F)F)c1. The number of likely N-dealkylation sites (tertiary alicyclic amines) is 1. The third kappa shape index (κ3) is 3.67. The number of rotatable bonds is 4. The summed E-state index contributed by atoms with van der Waals surface area (Å²) in [6.07, 6.45) is -2.24. The Morgan fingerprint density at radius 3 is 2.73 bits per heavy atom. The highest BCUT2D eigenvalue weighted by Gasteiger charge is 2.46. The fourth-order valence-electron chi connectivity index (χ4n) is 2.69. The van der Waals surface area contributed by atoms with Gasteiger partial charge in [0.2, 0.25) is 5.91 Å². The molecule has 1 heterocycles. The fraction of sp³-hybridized carbons (Fsp3) is 0.438. The van der Waals surface area contributed by atoms with Gasteiger partial charge in [0.1, 0.15) is 11.9 Å². The van der Waals surface area contributed by atoms with E-state index in [0.717, 1.165) is 10.5 Å². The van der Waals surface area contributed by atoms with Gasteiger partial charge in [0, 0.05) is 18.5 Å². The predicted molar refractivity (Wildman–Crippen MR) is 74.5 cm³/mol. The molecule has 1 aliphatic heterocycles. The lowest BCUT2D eigenvalue weighted by Crippen LogP contribution is -2.50. The maximum absolute atomic E-state index is 13.9. The van der Waals surface area contributed by atoms with Gasteiger partial charge in [-0.3, -0.25) is 4.79 Å². The molecule has 1 atom stereocenters. The lowest BCUT2D eigenvalue weighted by molar-refractivity contribution is -0.198. The van der Waals surface area contributed by atoms with Gasteiger partial charge >= 0.3 is 6.18 Å². The van der Waals surface area contributed by atoms with E-state index < -0.39 is 23.9 Å². The smallest absolute Gasteiger partial charge is 0.326 e. The predicted octanol–water partition coefficient (Wildman–Crippen LogP) is 4.00. The Bertz CT molecular complexity index is 568. The number of allylic oxidation sites excluding steroid dienone is 1. The molecule has 0 N–H and O–H groups in total. The van der Waals surface area contributed by atoms with Crippen molar-refractivity contribution < 1.29 is 22.4 Å². The topological polar surface area (TPSA) is 20.3 Å². The lowest BCUT2D eigenvalue weighted by atomic mass is 9.99. The minimum atomic E-state index is -4.49. The summed E-state index contributed by atoms with van der Waals surface area (Å²) in [5.41, 5.74) is 0.850. The molecule has 0 saturated carbocycles. The number of hydrogen-bond acceptors (Lipinski definition) is 1. The highest BCUT2D eigenvalue weighted by Crippen LogP contribution is 2.33. The van der Waals surface area contributed by atoms with E-state index in [1.807, 2.05) is 0 Å². The number of carbonyl (C=O) groups is 1. The normalized spacial score (nSPS) is 19.4. The standard InChI is InChI=1S/C16H17F4NO/c1-2-4-11-7-8-13(17)12(9-11)10-21-14(16(18,19)20)5-3-6-15(21)22/h2,7-9,14H,1,3-6,10H2/t14-/m0/s1. The molecule has 1 amide bonds. The summed E-state index contributed by atoms with van der Waals surface area (Å²) in [7, 11) is 0. The molecule has 22 heavy (non-hydrogen) atoms. The number of halogens is 4. The van der Waals surface area contributed by atoms with Crippen LogP contribution in [0, 0.1) is 5.82 Å².